The quantitative estimate of drug-likeness (QED) is 0.725. The highest BCUT2D eigenvalue weighted by atomic mass is 35.5. The first kappa shape index (κ1) is 14.5. The lowest BCUT2D eigenvalue weighted by atomic mass is 10.1. The second-order valence-electron chi connectivity index (χ2n) is 4.02. The molecule has 0 aliphatic heterocycles. The van der Waals surface area contributed by atoms with Gasteiger partial charge in [-0.15, -0.1) is 11.3 Å². The van der Waals surface area contributed by atoms with Gasteiger partial charge in [-0.25, -0.2) is 0 Å². The molecule has 19 heavy (non-hydrogen) atoms. The van der Waals surface area contributed by atoms with Crippen LogP contribution in [-0.2, 0) is 4.74 Å². The van der Waals surface area contributed by atoms with Crippen LogP contribution in [0.1, 0.15) is 28.9 Å². The summed E-state index contributed by atoms with van der Waals surface area (Å²) in [5, 5.41) is 0. The molecule has 0 fully saturated rings. The smallest absolute Gasteiger partial charge is 0.190 e. The van der Waals surface area contributed by atoms with Gasteiger partial charge >= 0.3 is 0 Å². The van der Waals surface area contributed by atoms with E-state index in [-0.39, 0.29) is 18.5 Å². The molecule has 1 aromatic heterocycles. The van der Waals surface area contributed by atoms with Gasteiger partial charge in [0.1, 0.15) is 10.9 Å². The topological polar surface area (TPSA) is 26.3 Å². The number of hydrogen-bond donors (Lipinski definition) is 0. The first-order chi connectivity index (χ1) is 9.08. The molecule has 1 aromatic carbocycles. The minimum atomic E-state index is -0.157. The summed E-state index contributed by atoms with van der Waals surface area (Å²) in [6, 6.07) is 11.3. The lowest BCUT2D eigenvalue weighted by Gasteiger charge is -2.12. The third-order valence-corrected chi connectivity index (χ3v) is 4.18. The van der Waals surface area contributed by atoms with Gasteiger partial charge in [-0.05, 0) is 18.6 Å². The van der Waals surface area contributed by atoms with Crippen LogP contribution >= 0.6 is 34.5 Å². The zero-order valence-electron chi connectivity index (χ0n) is 10.2. The Balaban J connectivity index is 1.96. The third-order valence-electron chi connectivity index (χ3n) is 2.69. The summed E-state index contributed by atoms with van der Waals surface area (Å²) in [4.78, 5) is 12.0. The molecule has 0 aliphatic carbocycles. The number of carbonyl (C=O) groups is 1. The summed E-state index contributed by atoms with van der Waals surface area (Å²) in [5.74, 6) is -0.157. The van der Waals surface area contributed by atoms with E-state index in [4.69, 9.17) is 27.9 Å². The maximum Gasteiger partial charge on any atom is 0.190 e. The summed E-state index contributed by atoms with van der Waals surface area (Å²) in [6.45, 7) is 1.90. The molecule has 100 valence electrons. The second kappa shape index (κ2) is 6.53. The van der Waals surface area contributed by atoms with Crippen LogP contribution < -0.4 is 0 Å². The highest BCUT2D eigenvalue weighted by molar-refractivity contribution is 7.20. The number of thiophene rings is 1. The Bertz CT molecular complexity index is 566. The van der Waals surface area contributed by atoms with Crippen molar-refractivity contribution >= 4 is 40.3 Å². The van der Waals surface area contributed by atoms with Crippen LogP contribution in [-0.4, -0.2) is 12.4 Å². The predicted molar refractivity (Wildman–Crippen MR) is 79.5 cm³/mol. The van der Waals surface area contributed by atoms with Crippen molar-refractivity contribution in [1.29, 1.82) is 0 Å². The van der Waals surface area contributed by atoms with Gasteiger partial charge in [0, 0.05) is 0 Å². The molecule has 0 amide bonds. The molecule has 0 radical (unpaired) electrons. The number of halogens is 2. The zero-order valence-corrected chi connectivity index (χ0v) is 12.6. The van der Waals surface area contributed by atoms with Crippen molar-refractivity contribution in [3.8, 4) is 0 Å². The fourth-order valence-corrected chi connectivity index (χ4v) is 3.13. The molecule has 2 rings (SSSR count). The van der Waals surface area contributed by atoms with Gasteiger partial charge in [0.2, 0.25) is 0 Å². The fraction of sp³-hybridized carbons (Fsp3) is 0.214. The van der Waals surface area contributed by atoms with Crippen molar-refractivity contribution < 1.29 is 9.53 Å². The summed E-state index contributed by atoms with van der Waals surface area (Å²) in [5.41, 5.74) is 1.46. The highest BCUT2D eigenvalue weighted by Crippen LogP contribution is 2.31. The number of Topliss-reactive ketones (excluding diaryl/α,β-unsaturated/α-hetero) is 1. The number of carbonyl (C=O) groups excluding carboxylic acids is 1. The van der Waals surface area contributed by atoms with Crippen LogP contribution in [0.4, 0.5) is 0 Å². The highest BCUT2D eigenvalue weighted by Gasteiger charge is 2.16. The van der Waals surface area contributed by atoms with Gasteiger partial charge in [-0.2, -0.15) is 0 Å². The fourth-order valence-electron chi connectivity index (χ4n) is 1.63. The Kier molecular flexibility index (Phi) is 4.99. The molecule has 0 spiro atoms. The molecular weight excluding hydrogens is 303 g/mol. The average Bonchev–Trinajstić information content (AvgIpc) is 2.75. The predicted octanol–water partition coefficient (Wildman–Crippen LogP) is 5.02. The van der Waals surface area contributed by atoms with Crippen molar-refractivity contribution in [2.45, 2.75) is 13.0 Å². The molecule has 0 saturated heterocycles. The Hall–Kier alpha value is -0.870. The van der Waals surface area contributed by atoms with Crippen LogP contribution in [0, 0.1) is 0 Å². The van der Waals surface area contributed by atoms with E-state index in [0.29, 0.717) is 14.2 Å². The standard InChI is InChI=1S/C14H12Cl2O2S/c1-9(10-5-3-2-4-6-10)18-8-12(17)11-7-13(15)19-14(11)16/h2-7,9H,8H2,1H3. The minimum Gasteiger partial charge on any atom is -0.366 e. The number of ether oxygens (including phenoxy) is 1. The summed E-state index contributed by atoms with van der Waals surface area (Å²) < 4.78 is 6.47. The first-order valence-corrected chi connectivity index (χ1v) is 7.29. The molecule has 0 bridgehead atoms. The third kappa shape index (κ3) is 3.80. The average molecular weight is 315 g/mol. The van der Waals surface area contributed by atoms with E-state index in [1.54, 1.807) is 6.07 Å². The maximum atomic E-state index is 12.0. The van der Waals surface area contributed by atoms with E-state index in [1.807, 2.05) is 37.3 Å². The van der Waals surface area contributed by atoms with Crippen molar-refractivity contribution in [3.63, 3.8) is 0 Å². The first-order valence-electron chi connectivity index (χ1n) is 5.72. The summed E-state index contributed by atoms with van der Waals surface area (Å²) >= 11 is 12.9. The molecular formula is C14H12Cl2O2S. The Morgan fingerprint density at radius 1 is 1.32 bits per heavy atom. The maximum absolute atomic E-state index is 12.0. The van der Waals surface area contributed by atoms with Gasteiger partial charge in [0.15, 0.2) is 5.78 Å². The second-order valence-corrected chi connectivity index (χ2v) is 6.31. The van der Waals surface area contributed by atoms with Crippen LogP contribution in [0.3, 0.4) is 0 Å². The van der Waals surface area contributed by atoms with Gasteiger partial charge < -0.3 is 4.74 Å². The molecule has 0 saturated carbocycles. The molecule has 1 atom stereocenters. The van der Waals surface area contributed by atoms with Crippen molar-refractivity contribution in [2.24, 2.45) is 0 Å². The Labute approximate surface area is 125 Å². The van der Waals surface area contributed by atoms with Crippen molar-refractivity contribution in [2.75, 3.05) is 6.61 Å². The number of ketones is 1. The minimum absolute atomic E-state index is 0.0111. The molecule has 2 aromatic rings. The van der Waals surface area contributed by atoms with Gasteiger partial charge in [0.05, 0.1) is 16.0 Å². The lowest BCUT2D eigenvalue weighted by Crippen LogP contribution is -2.11. The summed E-state index contributed by atoms with van der Waals surface area (Å²) in [7, 11) is 0. The van der Waals surface area contributed by atoms with Crippen molar-refractivity contribution in [3.05, 3.63) is 56.2 Å². The van der Waals surface area contributed by atoms with Crippen LogP contribution in [0.25, 0.3) is 0 Å². The Morgan fingerprint density at radius 3 is 2.58 bits per heavy atom. The van der Waals surface area contributed by atoms with Crippen molar-refractivity contribution in [1.82, 2.24) is 0 Å². The van der Waals surface area contributed by atoms with E-state index in [1.165, 1.54) is 11.3 Å². The molecule has 1 heterocycles. The summed E-state index contributed by atoms with van der Waals surface area (Å²) in [6.07, 6.45) is -0.141. The number of benzene rings is 1. The molecule has 0 aliphatic rings. The van der Waals surface area contributed by atoms with E-state index < -0.39 is 0 Å². The molecule has 5 heteroatoms. The van der Waals surface area contributed by atoms with Gasteiger partial charge in [0.25, 0.3) is 0 Å². The number of hydrogen-bond acceptors (Lipinski definition) is 3. The SMILES string of the molecule is CC(OCC(=O)c1cc(Cl)sc1Cl)c1ccccc1. The monoisotopic (exact) mass is 314 g/mol. The molecule has 2 nitrogen and oxygen atoms in total. The van der Waals surface area contributed by atoms with Crippen LogP contribution in [0.5, 0.6) is 0 Å². The van der Waals surface area contributed by atoms with E-state index in [0.717, 1.165) is 5.56 Å². The molecule has 0 N–H and O–H groups in total. The van der Waals surface area contributed by atoms with Crippen LogP contribution in [0.2, 0.25) is 8.67 Å². The lowest BCUT2D eigenvalue weighted by molar-refractivity contribution is 0.0521. The van der Waals surface area contributed by atoms with E-state index >= 15 is 0 Å². The normalized spacial score (nSPS) is 12.4. The Morgan fingerprint density at radius 2 is 2.00 bits per heavy atom. The number of rotatable bonds is 5. The zero-order chi connectivity index (χ0) is 13.8. The van der Waals surface area contributed by atoms with Gasteiger partial charge in [-0.1, -0.05) is 53.5 Å². The molecule has 1 unspecified atom stereocenters. The van der Waals surface area contributed by atoms with Crippen LogP contribution in [0.15, 0.2) is 36.4 Å². The van der Waals surface area contributed by atoms with E-state index in [2.05, 4.69) is 0 Å². The van der Waals surface area contributed by atoms with E-state index in [9.17, 15) is 4.79 Å². The largest absolute Gasteiger partial charge is 0.366 e. The van der Waals surface area contributed by atoms with Gasteiger partial charge in [-0.3, -0.25) is 4.79 Å².